The van der Waals surface area contributed by atoms with E-state index in [4.69, 9.17) is 9.84 Å². The summed E-state index contributed by atoms with van der Waals surface area (Å²) >= 11 is 0. The SMILES string of the molecule is CC(=O)NCCOCCCO. The van der Waals surface area contributed by atoms with Crippen LogP contribution in [0.5, 0.6) is 0 Å². The summed E-state index contributed by atoms with van der Waals surface area (Å²) in [6, 6.07) is 0. The predicted molar refractivity (Wildman–Crippen MR) is 41.2 cm³/mol. The number of hydrogen-bond donors (Lipinski definition) is 2. The third-order valence-electron chi connectivity index (χ3n) is 1.07. The Morgan fingerprint density at radius 2 is 2.27 bits per heavy atom. The van der Waals surface area contributed by atoms with Crippen molar-refractivity contribution in [3.05, 3.63) is 0 Å². The Morgan fingerprint density at radius 3 is 2.82 bits per heavy atom. The molecule has 0 aliphatic rings. The van der Waals surface area contributed by atoms with Crippen molar-refractivity contribution in [1.29, 1.82) is 0 Å². The Kier molecular flexibility index (Phi) is 7.08. The molecule has 1 amide bonds. The van der Waals surface area contributed by atoms with Gasteiger partial charge in [0.2, 0.25) is 5.91 Å². The lowest BCUT2D eigenvalue weighted by molar-refractivity contribution is -0.119. The molecule has 0 fully saturated rings. The van der Waals surface area contributed by atoms with Gasteiger partial charge in [-0.3, -0.25) is 4.79 Å². The molecule has 0 saturated heterocycles. The standard InChI is InChI=1S/C7H15NO3/c1-7(10)8-3-6-11-5-2-4-9/h9H,2-6H2,1H3,(H,8,10). The zero-order valence-corrected chi connectivity index (χ0v) is 6.80. The van der Waals surface area contributed by atoms with E-state index in [0.29, 0.717) is 26.2 Å². The third kappa shape index (κ3) is 9.39. The maximum absolute atomic E-state index is 10.3. The van der Waals surface area contributed by atoms with Crippen molar-refractivity contribution in [1.82, 2.24) is 5.32 Å². The summed E-state index contributed by atoms with van der Waals surface area (Å²) in [6.45, 7) is 3.23. The molecule has 0 unspecified atom stereocenters. The number of carbonyl (C=O) groups excluding carboxylic acids is 1. The molecule has 0 heterocycles. The van der Waals surface area contributed by atoms with Crippen LogP contribution in [0.3, 0.4) is 0 Å². The van der Waals surface area contributed by atoms with Gasteiger partial charge in [-0.1, -0.05) is 0 Å². The van der Waals surface area contributed by atoms with Crippen LogP contribution in [-0.4, -0.2) is 37.4 Å². The fourth-order valence-electron chi connectivity index (χ4n) is 0.568. The van der Waals surface area contributed by atoms with Gasteiger partial charge in [-0.2, -0.15) is 0 Å². The quantitative estimate of drug-likeness (QED) is 0.517. The first-order chi connectivity index (χ1) is 5.27. The molecule has 0 aromatic carbocycles. The lowest BCUT2D eigenvalue weighted by Gasteiger charge is -2.02. The fourth-order valence-corrected chi connectivity index (χ4v) is 0.568. The van der Waals surface area contributed by atoms with Crippen LogP contribution in [0.25, 0.3) is 0 Å². The summed E-state index contributed by atoms with van der Waals surface area (Å²) in [5, 5.41) is 11.0. The molecule has 0 aliphatic heterocycles. The predicted octanol–water partition coefficient (Wildman–Crippen LogP) is -0.479. The molecule has 0 aliphatic carbocycles. The highest BCUT2D eigenvalue weighted by Crippen LogP contribution is 1.78. The van der Waals surface area contributed by atoms with Crippen LogP contribution in [0.1, 0.15) is 13.3 Å². The van der Waals surface area contributed by atoms with Crippen LogP contribution < -0.4 is 5.32 Å². The maximum atomic E-state index is 10.3. The lowest BCUT2D eigenvalue weighted by atomic mass is 10.5. The van der Waals surface area contributed by atoms with Gasteiger partial charge in [0.15, 0.2) is 0 Å². The van der Waals surface area contributed by atoms with Crippen LogP contribution in [0.4, 0.5) is 0 Å². The van der Waals surface area contributed by atoms with Crippen molar-refractivity contribution < 1.29 is 14.6 Å². The third-order valence-corrected chi connectivity index (χ3v) is 1.07. The van der Waals surface area contributed by atoms with Gasteiger partial charge in [0.25, 0.3) is 0 Å². The van der Waals surface area contributed by atoms with Crippen LogP contribution in [0.2, 0.25) is 0 Å². The van der Waals surface area contributed by atoms with Crippen molar-refractivity contribution in [2.24, 2.45) is 0 Å². The largest absolute Gasteiger partial charge is 0.396 e. The summed E-state index contributed by atoms with van der Waals surface area (Å²) < 4.78 is 5.05. The maximum Gasteiger partial charge on any atom is 0.216 e. The summed E-state index contributed by atoms with van der Waals surface area (Å²) in [5.74, 6) is -0.0456. The Labute approximate surface area is 66.5 Å². The lowest BCUT2D eigenvalue weighted by Crippen LogP contribution is -2.24. The normalized spacial score (nSPS) is 9.64. The number of rotatable bonds is 6. The van der Waals surface area contributed by atoms with Crippen molar-refractivity contribution in [3.63, 3.8) is 0 Å². The molecule has 4 nitrogen and oxygen atoms in total. The van der Waals surface area contributed by atoms with E-state index in [0.717, 1.165) is 0 Å². The van der Waals surface area contributed by atoms with E-state index >= 15 is 0 Å². The number of aliphatic hydroxyl groups excluding tert-OH is 1. The molecule has 11 heavy (non-hydrogen) atoms. The minimum Gasteiger partial charge on any atom is -0.396 e. The first-order valence-electron chi connectivity index (χ1n) is 3.70. The number of ether oxygens (including phenoxy) is 1. The first kappa shape index (κ1) is 10.4. The second-order valence-electron chi connectivity index (χ2n) is 2.17. The molecular formula is C7H15NO3. The van der Waals surface area contributed by atoms with Crippen LogP contribution in [-0.2, 0) is 9.53 Å². The number of hydrogen-bond acceptors (Lipinski definition) is 3. The Balaban J connectivity index is 2.85. The molecule has 0 aromatic heterocycles. The van der Waals surface area contributed by atoms with Gasteiger partial charge in [-0.15, -0.1) is 0 Å². The van der Waals surface area contributed by atoms with E-state index in [9.17, 15) is 4.79 Å². The van der Waals surface area contributed by atoms with Gasteiger partial charge < -0.3 is 15.2 Å². The van der Waals surface area contributed by atoms with Gasteiger partial charge in [0, 0.05) is 26.7 Å². The monoisotopic (exact) mass is 161 g/mol. The Morgan fingerprint density at radius 1 is 1.55 bits per heavy atom. The second-order valence-corrected chi connectivity index (χ2v) is 2.17. The summed E-state index contributed by atoms with van der Waals surface area (Å²) in [4.78, 5) is 10.3. The molecule has 0 rings (SSSR count). The zero-order valence-electron chi connectivity index (χ0n) is 6.80. The minimum absolute atomic E-state index is 0.0456. The highest BCUT2D eigenvalue weighted by atomic mass is 16.5. The summed E-state index contributed by atoms with van der Waals surface area (Å²) in [7, 11) is 0. The second kappa shape index (κ2) is 7.50. The summed E-state index contributed by atoms with van der Waals surface area (Å²) in [6.07, 6.45) is 0.653. The molecule has 66 valence electrons. The molecule has 2 N–H and O–H groups in total. The first-order valence-corrected chi connectivity index (χ1v) is 3.70. The van der Waals surface area contributed by atoms with E-state index in [1.165, 1.54) is 6.92 Å². The van der Waals surface area contributed by atoms with Gasteiger partial charge >= 0.3 is 0 Å². The molecule has 0 spiro atoms. The van der Waals surface area contributed by atoms with Crippen molar-refractivity contribution in [2.75, 3.05) is 26.4 Å². The minimum atomic E-state index is -0.0456. The van der Waals surface area contributed by atoms with E-state index < -0.39 is 0 Å². The average Bonchev–Trinajstić information content (AvgIpc) is 1.96. The topological polar surface area (TPSA) is 58.6 Å². The van der Waals surface area contributed by atoms with Gasteiger partial charge in [-0.05, 0) is 6.42 Å². The van der Waals surface area contributed by atoms with Gasteiger partial charge in [0.05, 0.1) is 6.61 Å². The fraction of sp³-hybridized carbons (Fsp3) is 0.857. The molecule has 0 bridgehead atoms. The number of amides is 1. The molecule has 0 radical (unpaired) electrons. The van der Waals surface area contributed by atoms with Crippen LogP contribution >= 0.6 is 0 Å². The number of aliphatic hydroxyl groups is 1. The van der Waals surface area contributed by atoms with Crippen LogP contribution in [0, 0.1) is 0 Å². The molecule has 0 atom stereocenters. The Hall–Kier alpha value is -0.610. The number of carbonyl (C=O) groups is 1. The van der Waals surface area contributed by atoms with Crippen LogP contribution in [0.15, 0.2) is 0 Å². The van der Waals surface area contributed by atoms with Gasteiger partial charge in [0.1, 0.15) is 0 Å². The summed E-state index contributed by atoms with van der Waals surface area (Å²) in [5.41, 5.74) is 0. The van der Waals surface area contributed by atoms with E-state index in [1.807, 2.05) is 0 Å². The number of nitrogens with one attached hydrogen (secondary N) is 1. The van der Waals surface area contributed by atoms with E-state index in [1.54, 1.807) is 0 Å². The molecule has 4 heteroatoms. The highest BCUT2D eigenvalue weighted by molar-refractivity contribution is 5.72. The molecule has 0 aromatic rings. The zero-order chi connectivity index (χ0) is 8.53. The van der Waals surface area contributed by atoms with Gasteiger partial charge in [-0.25, -0.2) is 0 Å². The average molecular weight is 161 g/mol. The van der Waals surface area contributed by atoms with Crippen molar-refractivity contribution in [2.45, 2.75) is 13.3 Å². The highest BCUT2D eigenvalue weighted by Gasteiger charge is 1.89. The van der Waals surface area contributed by atoms with E-state index in [2.05, 4.69) is 5.32 Å². The molecule has 0 saturated carbocycles. The Bertz CT molecular complexity index is 106. The van der Waals surface area contributed by atoms with Crippen molar-refractivity contribution >= 4 is 5.91 Å². The van der Waals surface area contributed by atoms with Crippen molar-refractivity contribution in [3.8, 4) is 0 Å². The smallest absolute Gasteiger partial charge is 0.216 e. The van der Waals surface area contributed by atoms with E-state index in [-0.39, 0.29) is 12.5 Å². The molecular weight excluding hydrogens is 146 g/mol.